The van der Waals surface area contributed by atoms with Crippen LogP contribution in [0.5, 0.6) is 11.5 Å². The van der Waals surface area contributed by atoms with Crippen LogP contribution in [0.25, 0.3) is 22.8 Å². The fourth-order valence-corrected chi connectivity index (χ4v) is 2.96. The Bertz CT molecular complexity index is 1230. The summed E-state index contributed by atoms with van der Waals surface area (Å²) in [5.41, 5.74) is 2.65. The molecule has 0 bridgehead atoms. The van der Waals surface area contributed by atoms with Crippen molar-refractivity contribution in [3.05, 3.63) is 110 Å². The summed E-state index contributed by atoms with van der Waals surface area (Å²) in [7, 11) is 0. The van der Waals surface area contributed by atoms with Crippen molar-refractivity contribution in [1.29, 1.82) is 0 Å². The molecule has 0 saturated carbocycles. The Balaban J connectivity index is 0.00000218. The summed E-state index contributed by atoms with van der Waals surface area (Å²) in [5, 5.41) is 0. The first-order chi connectivity index (χ1) is 14.3. The van der Waals surface area contributed by atoms with Gasteiger partial charge < -0.3 is 19.3 Å². The molecule has 2 aromatic heterocycles. The van der Waals surface area contributed by atoms with Crippen molar-refractivity contribution in [2.45, 2.75) is 0 Å². The first-order valence-electron chi connectivity index (χ1n) is 9.10. The van der Waals surface area contributed by atoms with Gasteiger partial charge in [0.05, 0.1) is 5.69 Å². The van der Waals surface area contributed by atoms with E-state index in [2.05, 4.69) is 28.4 Å². The smallest absolute Gasteiger partial charge is 0.267 e. The van der Waals surface area contributed by atoms with Crippen molar-refractivity contribution in [2.75, 3.05) is 0 Å². The number of imidazole rings is 2. The van der Waals surface area contributed by atoms with Gasteiger partial charge in [-0.2, -0.15) is 17.7 Å². The monoisotopic (exact) mass is 572 g/mol. The van der Waals surface area contributed by atoms with Gasteiger partial charge in [-0.3, -0.25) is 4.57 Å². The Morgan fingerprint density at radius 3 is 2.50 bits per heavy atom. The van der Waals surface area contributed by atoms with Crippen LogP contribution in [0.1, 0.15) is 0 Å². The molecule has 6 heteroatoms. The van der Waals surface area contributed by atoms with Crippen molar-refractivity contribution in [3.63, 3.8) is 0 Å². The van der Waals surface area contributed by atoms with Crippen LogP contribution in [0.4, 0.5) is 0 Å². The molecule has 0 saturated heterocycles. The molecule has 2 heterocycles. The molecule has 151 valence electrons. The van der Waals surface area contributed by atoms with Gasteiger partial charge in [-0.05, 0) is 17.8 Å². The molecular weight excluding hydrogens is 557 g/mol. The molecule has 0 spiro atoms. The quantitative estimate of drug-likeness (QED) is 0.182. The van der Waals surface area contributed by atoms with Gasteiger partial charge in [0.15, 0.2) is 0 Å². The van der Waals surface area contributed by atoms with E-state index in [4.69, 9.17) is 4.74 Å². The van der Waals surface area contributed by atoms with E-state index in [-0.39, 0.29) is 22.4 Å². The van der Waals surface area contributed by atoms with Crippen molar-refractivity contribution < 1.29 is 31.7 Å². The van der Waals surface area contributed by atoms with Crippen LogP contribution in [0.15, 0.2) is 91.5 Å². The first kappa shape index (κ1) is 19.9. The van der Waals surface area contributed by atoms with Crippen molar-refractivity contribution in [1.82, 2.24) is 14.5 Å². The fraction of sp³-hybridized carbons (Fsp3) is 0. The minimum Gasteiger partial charge on any atom is -0.503 e. The van der Waals surface area contributed by atoms with Gasteiger partial charge in [-0.1, -0.05) is 36.7 Å². The second-order valence-electron chi connectivity index (χ2n) is 6.28. The fourth-order valence-electron chi connectivity index (χ4n) is 2.96. The maximum Gasteiger partial charge on any atom is 0.267 e. The van der Waals surface area contributed by atoms with Crippen LogP contribution < -0.4 is 14.3 Å². The summed E-state index contributed by atoms with van der Waals surface area (Å²) in [5.74, 6) is 1.80. The summed E-state index contributed by atoms with van der Waals surface area (Å²) < 4.78 is 9.77. The van der Waals surface area contributed by atoms with E-state index in [0.29, 0.717) is 17.3 Å². The van der Waals surface area contributed by atoms with E-state index in [1.165, 1.54) is 0 Å². The van der Waals surface area contributed by atoms with Crippen LogP contribution >= 0.6 is 0 Å². The minimum absolute atomic E-state index is 0. The second-order valence-corrected chi connectivity index (χ2v) is 6.28. The van der Waals surface area contributed by atoms with E-state index < -0.39 is 0 Å². The molecule has 0 unspecified atom stereocenters. The SMILES string of the molecule is [Au].[c-]1c(Oc2[c-]c(-n3[c-][n+](-c4ccccc4)cc3)ccc2)cccc1-c1ncc[n-]1. The largest absolute Gasteiger partial charge is 0.503 e. The van der Waals surface area contributed by atoms with Gasteiger partial charge >= 0.3 is 0 Å². The average Bonchev–Trinajstić information content (AvgIpc) is 3.47. The van der Waals surface area contributed by atoms with Crippen LogP contribution in [0.3, 0.4) is 0 Å². The molecule has 0 fully saturated rings. The molecule has 0 aliphatic heterocycles. The number of ether oxygens (including phenoxy) is 1. The molecule has 3 aromatic carbocycles. The summed E-state index contributed by atoms with van der Waals surface area (Å²) in [4.78, 5) is 8.40. The van der Waals surface area contributed by atoms with Gasteiger partial charge in [0.1, 0.15) is 0 Å². The zero-order valence-corrected chi connectivity index (χ0v) is 17.8. The predicted molar refractivity (Wildman–Crippen MR) is 107 cm³/mol. The molecule has 30 heavy (non-hydrogen) atoms. The van der Waals surface area contributed by atoms with Crippen molar-refractivity contribution >= 4 is 0 Å². The third-order valence-electron chi connectivity index (χ3n) is 4.32. The zero-order valence-electron chi connectivity index (χ0n) is 15.7. The maximum absolute atomic E-state index is 5.97. The van der Waals surface area contributed by atoms with Gasteiger partial charge in [0.25, 0.3) is 6.33 Å². The van der Waals surface area contributed by atoms with Gasteiger partial charge in [0.2, 0.25) is 0 Å². The molecule has 0 amide bonds. The third kappa shape index (κ3) is 4.28. The van der Waals surface area contributed by atoms with E-state index in [1.807, 2.05) is 88.3 Å². The minimum atomic E-state index is 0. The summed E-state index contributed by atoms with van der Waals surface area (Å²) in [6.07, 6.45) is 10.5. The third-order valence-corrected chi connectivity index (χ3v) is 4.32. The predicted octanol–water partition coefficient (Wildman–Crippen LogP) is 3.96. The molecule has 0 aliphatic carbocycles. The molecule has 1 radical (unpaired) electrons. The summed E-state index contributed by atoms with van der Waals surface area (Å²) in [6, 6.07) is 27.9. The normalized spacial score (nSPS) is 10.4. The Hall–Kier alpha value is -3.38. The second kappa shape index (κ2) is 8.97. The number of aromatic nitrogens is 4. The summed E-state index contributed by atoms with van der Waals surface area (Å²) >= 11 is 0. The van der Waals surface area contributed by atoms with Gasteiger partial charge in [-0.15, -0.1) is 36.2 Å². The number of para-hydroxylation sites is 1. The number of rotatable bonds is 5. The molecule has 0 aliphatic rings. The Labute approximate surface area is 190 Å². The Kier molecular flexibility index (Phi) is 5.95. The van der Waals surface area contributed by atoms with Crippen LogP contribution in [0, 0.1) is 18.5 Å². The first-order valence-corrected chi connectivity index (χ1v) is 9.10. The molecule has 5 rings (SSSR count). The maximum atomic E-state index is 5.97. The molecule has 0 atom stereocenters. The van der Waals surface area contributed by atoms with Gasteiger partial charge in [0, 0.05) is 46.3 Å². The number of hydrogen-bond donors (Lipinski definition) is 0. The Morgan fingerprint density at radius 2 is 1.70 bits per heavy atom. The number of nitrogens with zero attached hydrogens (tertiary/aromatic N) is 4. The van der Waals surface area contributed by atoms with Gasteiger partial charge in [-0.25, -0.2) is 0 Å². The number of benzene rings is 3. The summed E-state index contributed by atoms with van der Waals surface area (Å²) in [6.45, 7) is 0. The standard InChI is InChI=1S/C24H15N4O.Au/c1-2-7-20(8-3-1)27-14-15-28(18-27)21-9-5-11-23(17-21)29-22-10-4-6-19(16-22)24-25-12-13-26-24;/h1-15H;/q-3;. The van der Waals surface area contributed by atoms with Crippen molar-refractivity contribution in [2.24, 2.45) is 0 Å². The van der Waals surface area contributed by atoms with Crippen LogP contribution in [-0.4, -0.2) is 9.55 Å². The van der Waals surface area contributed by atoms with Crippen LogP contribution in [-0.2, 0) is 22.4 Å². The average molecular weight is 572 g/mol. The van der Waals surface area contributed by atoms with Crippen molar-refractivity contribution in [3.8, 4) is 34.3 Å². The van der Waals surface area contributed by atoms with E-state index in [1.54, 1.807) is 12.4 Å². The zero-order chi connectivity index (χ0) is 19.5. The molecular formula is C24H15AuN4O-3. The number of hydrogen-bond acceptors (Lipinski definition) is 2. The molecule has 5 aromatic rings. The van der Waals surface area contributed by atoms with Crippen LogP contribution in [0.2, 0.25) is 0 Å². The van der Waals surface area contributed by atoms with E-state index >= 15 is 0 Å². The topological polar surface area (TPSA) is 45.0 Å². The Morgan fingerprint density at radius 1 is 0.900 bits per heavy atom. The molecule has 0 N–H and O–H groups in total. The molecule has 5 nitrogen and oxygen atoms in total. The van der Waals surface area contributed by atoms with E-state index in [9.17, 15) is 0 Å². The van der Waals surface area contributed by atoms with E-state index in [0.717, 1.165) is 16.9 Å².